The lowest BCUT2D eigenvalue weighted by Crippen LogP contribution is -2.51. The van der Waals surface area contributed by atoms with E-state index in [0.717, 1.165) is 21.2 Å². The Hall–Kier alpha value is -2.28. The Bertz CT molecular complexity index is 1060. The average Bonchev–Trinajstić information content (AvgIpc) is 2.84. The van der Waals surface area contributed by atoms with E-state index in [1.54, 1.807) is 4.90 Å². The van der Waals surface area contributed by atoms with E-state index in [2.05, 4.69) is 21.2 Å². The molecule has 2 amide bonds. The minimum Gasteiger partial charge on any atom is -0.355 e. The summed E-state index contributed by atoms with van der Waals surface area (Å²) in [6, 6.07) is 24.7. The van der Waals surface area contributed by atoms with Crippen LogP contribution in [0.1, 0.15) is 23.6 Å². The molecule has 0 fully saturated rings. The van der Waals surface area contributed by atoms with Crippen molar-refractivity contribution in [2.24, 2.45) is 0 Å². The van der Waals surface area contributed by atoms with E-state index in [0.29, 0.717) is 30.3 Å². The molecule has 0 aliphatic carbocycles. The third kappa shape index (κ3) is 8.19. The second-order valence-corrected chi connectivity index (χ2v) is 10.2. The molecule has 34 heavy (non-hydrogen) atoms. The molecule has 3 rings (SSSR count). The molecule has 0 aliphatic heterocycles. The predicted molar refractivity (Wildman–Crippen MR) is 145 cm³/mol. The summed E-state index contributed by atoms with van der Waals surface area (Å²) >= 11 is 11.0. The molecule has 0 saturated carbocycles. The Morgan fingerprint density at radius 3 is 2.24 bits per heavy atom. The lowest BCUT2D eigenvalue weighted by atomic mass is 10.0. The molecular formula is C27H28BrClN2O2S. The van der Waals surface area contributed by atoms with Gasteiger partial charge in [-0.15, -0.1) is 11.8 Å². The van der Waals surface area contributed by atoms with Gasteiger partial charge in [0.25, 0.3) is 0 Å². The molecule has 1 N–H and O–H groups in total. The van der Waals surface area contributed by atoms with Crippen LogP contribution in [0.15, 0.2) is 83.3 Å². The highest BCUT2D eigenvalue weighted by atomic mass is 79.9. The molecular weight excluding hydrogens is 532 g/mol. The van der Waals surface area contributed by atoms with Gasteiger partial charge in [-0.2, -0.15) is 0 Å². The van der Waals surface area contributed by atoms with Gasteiger partial charge >= 0.3 is 0 Å². The number of hydrogen-bond acceptors (Lipinski definition) is 3. The zero-order chi connectivity index (χ0) is 24.3. The van der Waals surface area contributed by atoms with Crippen LogP contribution < -0.4 is 5.32 Å². The van der Waals surface area contributed by atoms with Gasteiger partial charge in [-0.25, -0.2) is 0 Å². The molecule has 4 nitrogen and oxygen atoms in total. The molecule has 3 aromatic rings. The molecule has 0 spiro atoms. The Kier molecular flexibility index (Phi) is 10.5. The maximum absolute atomic E-state index is 13.5. The molecule has 7 heteroatoms. The van der Waals surface area contributed by atoms with Crippen molar-refractivity contribution in [3.8, 4) is 0 Å². The topological polar surface area (TPSA) is 49.4 Å². The number of thioether (sulfide) groups is 1. The first-order valence-electron chi connectivity index (χ1n) is 11.1. The van der Waals surface area contributed by atoms with Crippen molar-refractivity contribution in [1.29, 1.82) is 0 Å². The second-order valence-electron chi connectivity index (χ2n) is 7.87. The Morgan fingerprint density at radius 2 is 1.59 bits per heavy atom. The number of hydrogen-bond donors (Lipinski definition) is 1. The zero-order valence-corrected chi connectivity index (χ0v) is 22.2. The Morgan fingerprint density at radius 1 is 0.941 bits per heavy atom. The summed E-state index contributed by atoms with van der Waals surface area (Å²) in [5, 5.41) is 3.61. The third-order valence-electron chi connectivity index (χ3n) is 5.30. The van der Waals surface area contributed by atoms with Gasteiger partial charge < -0.3 is 10.2 Å². The standard InChI is InChI=1S/C27H28BrClN2O2S/c1-2-30-27(33)25(16-20-6-4-3-5-7-20)31(17-21-8-12-23(28)13-9-21)26(32)19-34-18-22-10-14-24(29)15-11-22/h3-15,25H,2,16-19H2,1H3,(H,30,33)/t25-/m1/s1. The van der Waals surface area contributed by atoms with Crippen LogP contribution in [0.4, 0.5) is 0 Å². The monoisotopic (exact) mass is 558 g/mol. The summed E-state index contributed by atoms with van der Waals surface area (Å²) in [4.78, 5) is 28.3. The first kappa shape index (κ1) is 26.3. The SMILES string of the molecule is CCNC(=O)[C@@H](Cc1ccccc1)N(Cc1ccc(Br)cc1)C(=O)CSCc1ccc(Cl)cc1. The number of nitrogens with zero attached hydrogens (tertiary/aromatic N) is 1. The molecule has 0 bridgehead atoms. The van der Waals surface area contributed by atoms with Crippen molar-refractivity contribution >= 4 is 51.1 Å². The van der Waals surface area contributed by atoms with Crippen LogP contribution in [0, 0.1) is 0 Å². The first-order valence-corrected chi connectivity index (χ1v) is 13.5. The minimum atomic E-state index is -0.602. The van der Waals surface area contributed by atoms with E-state index in [4.69, 9.17) is 11.6 Å². The largest absolute Gasteiger partial charge is 0.355 e. The maximum Gasteiger partial charge on any atom is 0.243 e. The average molecular weight is 560 g/mol. The number of rotatable bonds is 11. The smallest absolute Gasteiger partial charge is 0.243 e. The first-order chi connectivity index (χ1) is 16.5. The van der Waals surface area contributed by atoms with E-state index in [-0.39, 0.29) is 17.6 Å². The molecule has 0 aliphatic rings. The third-order valence-corrected chi connectivity index (χ3v) is 7.06. The van der Waals surface area contributed by atoms with E-state index in [1.807, 2.05) is 85.8 Å². The van der Waals surface area contributed by atoms with Gasteiger partial charge in [-0.1, -0.05) is 82.1 Å². The van der Waals surface area contributed by atoms with Gasteiger partial charge in [-0.05, 0) is 47.9 Å². The lowest BCUT2D eigenvalue weighted by molar-refractivity contribution is -0.139. The number of nitrogens with one attached hydrogen (secondary N) is 1. The fourth-order valence-corrected chi connectivity index (χ4v) is 4.81. The van der Waals surface area contributed by atoms with E-state index in [1.165, 1.54) is 11.8 Å². The summed E-state index contributed by atoms with van der Waals surface area (Å²) in [7, 11) is 0. The summed E-state index contributed by atoms with van der Waals surface area (Å²) < 4.78 is 0.970. The number of halogens is 2. The fraction of sp³-hybridized carbons (Fsp3) is 0.259. The van der Waals surface area contributed by atoms with Crippen LogP contribution in [0.5, 0.6) is 0 Å². The van der Waals surface area contributed by atoms with E-state index >= 15 is 0 Å². The molecule has 0 aromatic heterocycles. The van der Waals surface area contributed by atoms with Gasteiger partial charge in [0.2, 0.25) is 11.8 Å². The summed E-state index contributed by atoms with van der Waals surface area (Å²) in [6.45, 7) is 2.76. The maximum atomic E-state index is 13.5. The quantitative estimate of drug-likeness (QED) is 0.308. The van der Waals surface area contributed by atoms with Crippen molar-refractivity contribution in [3.05, 3.63) is 105 Å². The van der Waals surface area contributed by atoms with Gasteiger partial charge in [0.1, 0.15) is 6.04 Å². The number of amides is 2. The minimum absolute atomic E-state index is 0.0610. The van der Waals surface area contributed by atoms with Crippen molar-refractivity contribution < 1.29 is 9.59 Å². The molecule has 178 valence electrons. The van der Waals surface area contributed by atoms with Crippen LogP contribution in [-0.4, -0.2) is 35.1 Å². The molecule has 3 aromatic carbocycles. The van der Waals surface area contributed by atoms with Crippen molar-refractivity contribution in [3.63, 3.8) is 0 Å². The van der Waals surface area contributed by atoms with Gasteiger partial charge in [0.05, 0.1) is 5.75 Å². The fourth-order valence-electron chi connectivity index (χ4n) is 3.55. The van der Waals surface area contributed by atoms with Crippen molar-refractivity contribution in [1.82, 2.24) is 10.2 Å². The number of likely N-dealkylation sites (N-methyl/N-ethyl adjacent to an activating group) is 1. The molecule has 0 radical (unpaired) electrons. The zero-order valence-electron chi connectivity index (χ0n) is 19.0. The summed E-state index contributed by atoms with van der Waals surface area (Å²) in [6.07, 6.45) is 0.455. The number of carbonyl (C=O) groups excluding carboxylic acids is 2. The summed E-state index contributed by atoms with van der Waals surface area (Å²) in [5.74, 6) is 0.775. The van der Waals surface area contributed by atoms with Gasteiger partial charge in [-0.3, -0.25) is 9.59 Å². The normalized spacial score (nSPS) is 11.6. The highest BCUT2D eigenvalue weighted by Gasteiger charge is 2.30. The lowest BCUT2D eigenvalue weighted by Gasteiger charge is -2.31. The molecule has 0 heterocycles. The van der Waals surface area contributed by atoms with Crippen LogP contribution in [0.2, 0.25) is 5.02 Å². The van der Waals surface area contributed by atoms with Gasteiger partial charge in [0.15, 0.2) is 0 Å². The summed E-state index contributed by atoms with van der Waals surface area (Å²) in [5.41, 5.74) is 3.09. The van der Waals surface area contributed by atoms with Crippen molar-refractivity contribution in [2.45, 2.75) is 31.7 Å². The Balaban J connectivity index is 1.81. The molecule has 0 unspecified atom stereocenters. The number of carbonyl (C=O) groups is 2. The van der Waals surface area contributed by atoms with Crippen LogP contribution >= 0.6 is 39.3 Å². The molecule has 0 saturated heterocycles. The molecule has 1 atom stereocenters. The van der Waals surface area contributed by atoms with Crippen LogP contribution in [0.3, 0.4) is 0 Å². The van der Waals surface area contributed by atoms with E-state index < -0.39 is 6.04 Å². The Labute approximate surface area is 219 Å². The van der Waals surface area contributed by atoms with E-state index in [9.17, 15) is 9.59 Å². The van der Waals surface area contributed by atoms with Crippen LogP contribution in [0.25, 0.3) is 0 Å². The van der Waals surface area contributed by atoms with Gasteiger partial charge in [0, 0.05) is 34.8 Å². The number of benzene rings is 3. The van der Waals surface area contributed by atoms with Crippen LogP contribution in [-0.2, 0) is 28.3 Å². The highest BCUT2D eigenvalue weighted by Crippen LogP contribution is 2.20. The van der Waals surface area contributed by atoms with Crippen molar-refractivity contribution in [2.75, 3.05) is 12.3 Å². The second kappa shape index (κ2) is 13.6. The predicted octanol–water partition coefficient (Wildman–Crippen LogP) is 6.11. The highest BCUT2D eigenvalue weighted by molar-refractivity contribution is 9.10.